The van der Waals surface area contributed by atoms with E-state index in [0.717, 1.165) is 6.42 Å². The molecule has 1 aromatic heterocycles. The molecule has 0 spiro atoms. The van der Waals surface area contributed by atoms with Gasteiger partial charge in [0, 0.05) is 37.5 Å². The van der Waals surface area contributed by atoms with Crippen molar-refractivity contribution in [1.29, 1.82) is 0 Å². The van der Waals surface area contributed by atoms with Gasteiger partial charge in [-0.15, -0.1) is 0 Å². The van der Waals surface area contributed by atoms with Crippen molar-refractivity contribution >= 4 is 5.91 Å². The van der Waals surface area contributed by atoms with Crippen LogP contribution in [0.5, 0.6) is 0 Å². The summed E-state index contributed by atoms with van der Waals surface area (Å²) in [5, 5.41) is 0. The van der Waals surface area contributed by atoms with Gasteiger partial charge in [0.05, 0.1) is 6.61 Å². The molecule has 0 bridgehead atoms. The van der Waals surface area contributed by atoms with Gasteiger partial charge in [-0.1, -0.05) is 0 Å². The predicted molar refractivity (Wildman–Crippen MR) is 58.4 cm³/mol. The molecule has 1 N–H and O–H groups in total. The number of hydrogen-bond donors (Lipinski definition) is 1. The molecule has 0 unspecified atom stereocenters. The first-order valence-electron chi connectivity index (χ1n) is 5.33. The third kappa shape index (κ3) is 2.49. The number of ether oxygens (including phenoxy) is 1. The highest BCUT2D eigenvalue weighted by Crippen LogP contribution is 2.05. The van der Waals surface area contributed by atoms with Crippen molar-refractivity contribution < 1.29 is 9.53 Å². The standard InChI is InChI=1S/C11H14N2O3/c14-10-8-9(2-3-12-10)11(15)13-4-1-6-16-7-5-13/h2-3,8H,1,4-7H2,(H,12,14). The first kappa shape index (κ1) is 10.9. The highest BCUT2D eigenvalue weighted by Gasteiger charge is 2.17. The summed E-state index contributed by atoms with van der Waals surface area (Å²) < 4.78 is 5.27. The monoisotopic (exact) mass is 222 g/mol. The lowest BCUT2D eigenvalue weighted by atomic mass is 10.2. The van der Waals surface area contributed by atoms with E-state index >= 15 is 0 Å². The summed E-state index contributed by atoms with van der Waals surface area (Å²) in [5.74, 6) is -0.100. The maximum Gasteiger partial charge on any atom is 0.254 e. The van der Waals surface area contributed by atoms with Crippen LogP contribution in [0.15, 0.2) is 23.1 Å². The molecule has 0 atom stereocenters. The second-order valence-corrected chi connectivity index (χ2v) is 3.70. The fourth-order valence-electron chi connectivity index (χ4n) is 1.71. The van der Waals surface area contributed by atoms with Crippen molar-refractivity contribution in [2.45, 2.75) is 6.42 Å². The van der Waals surface area contributed by atoms with Gasteiger partial charge >= 0.3 is 0 Å². The third-order valence-corrected chi connectivity index (χ3v) is 2.53. The minimum atomic E-state index is -0.253. The Bertz CT molecular complexity index is 419. The van der Waals surface area contributed by atoms with Crippen LogP contribution in [0.3, 0.4) is 0 Å². The molecule has 0 saturated carbocycles. The van der Waals surface area contributed by atoms with Crippen LogP contribution < -0.4 is 5.56 Å². The summed E-state index contributed by atoms with van der Waals surface area (Å²) in [6.07, 6.45) is 2.33. The molecular weight excluding hydrogens is 208 g/mol. The van der Waals surface area contributed by atoms with E-state index in [1.165, 1.54) is 12.3 Å². The maximum atomic E-state index is 12.0. The topological polar surface area (TPSA) is 62.4 Å². The molecule has 1 aliphatic rings. The number of carbonyl (C=O) groups excluding carboxylic acids is 1. The van der Waals surface area contributed by atoms with Gasteiger partial charge in [-0.3, -0.25) is 9.59 Å². The van der Waals surface area contributed by atoms with Gasteiger partial charge in [-0.05, 0) is 12.5 Å². The van der Waals surface area contributed by atoms with Gasteiger partial charge in [0.15, 0.2) is 0 Å². The van der Waals surface area contributed by atoms with E-state index in [1.807, 2.05) is 0 Å². The Morgan fingerprint density at radius 2 is 2.25 bits per heavy atom. The predicted octanol–water partition coefficient (Wildman–Crippen LogP) is 0.237. The van der Waals surface area contributed by atoms with Gasteiger partial charge in [0.1, 0.15) is 0 Å². The van der Waals surface area contributed by atoms with Crippen LogP contribution in [0.1, 0.15) is 16.8 Å². The second kappa shape index (κ2) is 4.94. The van der Waals surface area contributed by atoms with E-state index in [-0.39, 0.29) is 11.5 Å². The average molecular weight is 222 g/mol. The Hall–Kier alpha value is -1.62. The van der Waals surface area contributed by atoms with Crippen molar-refractivity contribution in [2.24, 2.45) is 0 Å². The van der Waals surface area contributed by atoms with Crippen molar-refractivity contribution in [2.75, 3.05) is 26.3 Å². The first-order chi connectivity index (χ1) is 7.77. The molecule has 0 aliphatic carbocycles. The molecule has 2 rings (SSSR count). The zero-order valence-corrected chi connectivity index (χ0v) is 8.94. The Morgan fingerprint density at radius 1 is 1.38 bits per heavy atom. The Labute approximate surface area is 93.0 Å². The molecule has 16 heavy (non-hydrogen) atoms. The molecule has 5 nitrogen and oxygen atoms in total. The number of pyridine rings is 1. The minimum absolute atomic E-state index is 0.100. The van der Waals surface area contributed by atoms with Crippen LogP contribution in [0.4, 0.5) is 0 Å². The lowest BCUT2D eigenvalue weighted by Gasteiger charge is -2.19. The van der Waals surface area contributed by atoms with Crippen molar-refractivity contribution in [1.82, 2.24) is 9.88 Å². The van der Waals surface area contributed by atoms with Gasteiger partial charge in [-0.25, -0.2) is 0 Å². The van der Waals surface area contributed by atoms with E-state index in [2.05, 4.69) is 4.98 Å². The lowest BCUT2D eigenvalue weighted by Crippen LogP contribution is -2.33. The maximum absolute atomic E-state index is 12.0. The molecule has 1 saturated heterocycles. The lowest BCUT2D eigenvalue weighted by molar-refractivity contribution is 0.0741. The fourth-order valence-corrected chi connectivity index (χ4v) is 1.71. The third-order valence-electron chi connectivity index (χ3n) is 2.53. The fraction of sp³-hybridized carbons (Fsp3) is 0.455. The van der Waals surface area contributed by atoms with Crippen LogP contribution >= 0.6 is 0 Å². The van der Waals surface area contributed by atoms with Crippen molar-refractivity contribution in [3.63, 3.8) is 0 Å². The summed E-state index contributed by atoms with van der Waals surface area (Å²) in [6, 6.07) is 2.95. The number of rotatable bonds is 1. The van der Waals surface area contributed by atoms with Gasteiger partial charge in [0.25, 0.3) is 5.91 Å². The largest absolute Gasteiger partial charge is 0.380 e. The molecular formula is C11H14N2O3. The highest BCUT2D eigenvalue weighted by molar-refractivity contribution is 5.94. The molecule has 86 valence electrons. The van der Waals surface area contributed by atoms with E-state index in [1.54, 1.807) is 11.0 Å². The van der Waals surface area contributed by atoms with Crippen molar-refractivity contribution in [3.05, 3.63) is 34.2 Å². The highest BCUT2D eigenvalue weighted by atomic mass is 16.5. The van der Waals surface area contributed by atoms with E-state index in [0.29, 0.717) is 31.9 Å². The molecule has 1 fully saturated rings. The van der Waals surface area contributed by atoms with Crippen molar-refractivity contribution in [3.8, 4) is 0 Å². The second-order valence-electron chi connectivity index (χ2n) is 3.70. The Balaban J connectivity index is 2.14. The van der Waals surface area contributed by atoms with E-state index < -0.39 is 0 Å². The van der Waals surface area contributed by atoms with Crippen LogP contribution in [0.25, 0.3) is 0 Å². The smallest absolute Gasteiger partial charge is 0.254 e. The van der Waals surface area contributed by atoms with Crippen LogP contribution in [-0.2, 0) is 4.74 Å². The zero-order chi connectivity index (χ0) is 11.4. The summed E-state index contributed by atoms with van der Waals surface area (Å²) in [6.45, 7) is 2.53. The summed E-state index contributed by atoms with van der Waals surface area (Å²) in [7, 11) is 0. The SMILES string of the molecule is O=C(c1cc[nH]c(=O)c1)N1CCCOCC1. The minimum Gasteiger partial charge on any atom is -0.380 e. The number of aromatic amines is 1. The molecule has 2 heterocycles. The normalized spacial score (nSPS) is 16.9. The molecule has 1 amide bonds. The first-order valence-corrected chi connectivity index (χ1v) is 5.33. The molecule has 1 aromatic rings. The Kier molecular flexibility index (Phi) is 3.36. The molecule has 0 radical (unpaired) electrons. The van der Waals surface area contributed by atoms with E-state index in [9.17, 15) is 9.59 Å². The van der Waals surface area contributed by atoms with Crippen LogP contribution in [0.2, 0.25) is 0 Å². The summed E-state index contributed by atoms with van der Waals surface area (Å²) in [4.78, 5) is 27.3. The quantitative estimate of drug-likeness (QED) is 0.740. The Morgan fingerprint density at radius 3 is 3.06 bits per heavy atom. The number of nitrogens with one attached hydrogen (secondary N) is 1. The van der Waals surface area contributed by atoms with Crippen LogP contribution in [-0.4, -0.2) is 42.1 Å². The van der Waals surface area contributed by atoms with Gasteiger partial charge in [0.2, 0.25) is 5.56 Å². The number of amides is 1. The zero-order valence-electron chi connectivity index (χ0n) is 8.94. The molecule has 5 heteroatoms. The number of carbonyl (C=O) groups is 1. The molecule has 0 aromatic carbocycles. The number of aromatic nitrogens is 1. The van der Waals surface area contributed by atoms with Crippen LogP contribution in [0, 0.1) is 0 Å². The summed E-state index contributed by atoms with van der Waals surface area (Å²) >= 11 is 0. The number of hydrogen-bond acceptors (Lipinski definition) is 3. The number of nitrogens with zero attached hydrogens (tertiary/aromatic N) is 1. The molecule has 1 aliphatic heterocycles. The van der Waals surface area contributed by atoms with Gasteiger partial charge in [-0.2, -0.15) is 0 Å². The van der Waals surface area contributed by atoms with Gasteiger partial charge < -0.3 is 14.6 Å². The van der Waals surface area contributed by atoms with E-state index in [4.69, 9.17) is 4.74 Å². The average Bonchev–Trinajstić information content (AvgIpc) is 2.56. The number of H-pyrrole nitrogens is 1. The summed E-state index contributed by atoms with van der Waals surface area (Å²) in [5.41, 5.74) is 0.183.